The van der Waals surface area contributed by atoms with Gasteiger partial charge in [-0.2, -0.15) is 13.2 Å². The lowest BCUT2D eigenvalue weighted by Crippen LogP contribution is -2.40. The highest BCUT2D eigenvalue weighted by Crippen LogP contribution is 2.30. The summed E-state index contributed by atoms with van der Waals surface area (Å²) in [4.78, 5) is 0. The number of rotatable bonds is 1. The van der Waals surface area contributed by atoms with Crippen LogP contribution in [-0.2, 0) is 10.9 Å². The quantitative estimate of drug-likeness (QED) is 0.821. The van der Waals surface area contributed by atoms with Gasteiger partial charge in [0.2, 0.25) is 0 Å². The smallest absolute Gasteiger partial charge is 0.371 e. The topological polar surface area (TPSA) is 21.3 Å². The van der Waals surface area contributed by atoms with Crippen molar-refractivity contribution < 1.29 is 17.9 Å². The van der Waals surface area contributed by atoms with Crippen molar-refractivity contribution in [1.82, 2.24) is 5.32 Å². The molecule has 0 bridgehead atoms. The predicted octanol–water partition coefficient (Wildman–Crippen LogP) is 2.75. The maximum Gasteiger partial charge on any atom is 0.416 e. The van der Waals surface area contributed by atoms with Crippen molar-refractivity contribution in [2.75, 3.05) is 13.2 Å². The maximum atomic E-state index is 12.4. The lowest BCUT2D eigenvalue weighted by molar-refractivity contribution is -0.137. The summed E-state index contributed by atoms with van der Waals surface area (Å²) in [5.74, 6) is 0. The van der Waals surface area contributed by atoms with E-state index in [9.17, 15) is 13.2 Å². The van der Waals surface area contributed by atoms with Crippen LogP contribution in [0.15, 0.2) is 24.3 Å². The molecule has 17 heavy (non-hydrogen) atoms. The first-order valence-corrected chi connectivity index (χ1v) is 5.49. The van der Waals surface area contributed by atoms with Gasteiger partial charge < -0.3 is 10.1 Å². The number of hydrogen-bond acceptors (Lipinski definition) is 2. The highest BCUT2D eigenvalue weighted by Gasteiger charge is 2.30. The molecular weight excluding hydrogens is 231 g/mol. The SMILES string of the molecule is C[C@H]1CO[C@@H](c2ccc(C(F)(F)F)cc2)CN1. The third-order valence-corrected chi connectivity index (χ3v) is 2.81. The highest BCUT2D eigenvalue weighted by atomic mass is 19.4. The van der Waals surface area contributed by atoms with Crippen LogP contribution in [0.25, 0.3) is 0 Å². The maximum absolute atomic E-state index is 12.4. The van der Waals surface area contributed by atoms with Gasteiger partial charge in [-0.25, -0.2) is 0 Å². The summed E-state index contributed by atoms with van der Waals surface area (Å²) in [7, 11) is 0. The van der Waals surface area contributed by atoms with E-state index in [4.69, 9.17) is 4.74 Å². The number of hydrogen-bond donors (Lipinski definition) is 1. The Morgan fingerprint density at radius 1 is 1.24 bits per heavy atom. The Bertz CT molecular complexity index is 366. The molecule has 94 valence electrons. The molecule has 2 atom stereocenters. The van der Waals surface area contributed by atoms with Crippen LogP contribution >= 0.6 is 0 Å². The van der Waals surface area contributed by atoms with Gasteiger partial charge in [0.15, 0.2) is 0 Å². The summed E-state index contributed by atoms with van der Waals surface area (Å²) in [6.07, 6.45) is -4.44. The molecule has 1 aromatic rings. The third kappa shape index (κ3) is 2.98. The van der Waals surface area contributed by atoms with E-state index in [1.165, 1.54) is 12.1 Å². The molecule has 2 rings (SSSR count). The second kappa shape index (κ2) is 4.66. The van der Waals surface area contributed by atoms with E-state index >= 15 is 0 Å². The van der Waals surface area contributed by atoms with Gasteiger partial charge in [-0.1, -0.05) is 12.1 Å². The molecule has 0 saturated carbocycles. The Hall–Kier alpha value is -1.07. The first-order valence-electron chi connectivity index (χ1n) is 5.49. The largest absolute Gasteiger partial charge is 0.416 e. The fourth-order valence-corrected chi connectivity index (χ4v) is 1.79. The molecule has 0 radical (unpaired) electrons. The lowest BCUT2D eigenvalue weighted by Gasteiger charge is -2.28. The summed E-state index contributed by atoms with van der Waals surface area (Å²) in [5, 5.41) is 3.23. The molecule has 1 aliphatic rings. The average molecular weight is 245 g/mol. The van der Waals surface area contributed by atoms with Gasteiger partial charge in [-0.3, -0.25) is 0 Å². The van der Waals surface area contributed by atoms with Crippen LogP contribution in [0.4, 0.5) is 13.2 Å². The summed E-state index contributed by atoms with van der Waals surface area (Å²) in [6, 6.07) is 5.43. The first kappa shape index (κ1) is 12.4. The van der Waals surface area contributed by atoms with Crippen LogP contribution in [0.5, 0.6) is 0 Å². The summed E-state index contributed by atoms with van der Waals surface area (Å²) in [6.45, 7) is 3.21. The molecular formula is C12H14F3NO. The minimum atomic E-state index is -4.28. The van der Waals surface area contributed by atoms with Crippen LogP contribution in [-0.4, -0.2) is 19.2 Å². The standard InChI is InChI=1S/C12H14F3NO/c1-8-7-17-11(6-16-8)9-2-4-10(5-3-9)12(13,14)15/h2-5,8,11,16H,6-7H2,1H3/t8-,11+/m0/s1. The molecule has 0 unspecified atom stereocenters. The van der Waals surface area contributed by atoms with E-state index in [1.54, 1.807) is 0 Å². The molecule has 1 aliphatic heterocycles. The summed E-state index contributed by atoms with van der Waals surface area (Å²) in [5.41, 5.74) is 0.149. The minimum absolute atomic E-state index is 0.159. The average Bonchev–Trinajstić information content (AvgIpc) is 2.29. The van der Waals surface area contributed by atoms with Crippen molar-refractivity contribution in [2.24, 2.45) is 0 Å². The summed E-state index contributed by atoms with van der Waals surface area (Å²) >= 11 is 0. The molecule has 1 fully saturated rings. The first-order chi connectivity index (χ1) is 7.97. The predicted molar refractivity (Wildman–Crippen MR) is 57.6 cm³/mol. The Labute approximate surface area is 97.8 Å². The van der Waals surface area contributed by atoms with Crippen molar-refractivity contribution in [3.05, 3.63) is 35.4 Å². The number of ether oxygens (including phenoxy) is 1. The van der Waals surface area contributed by atoms with Gasteiger partial charge >= 0.3 is 6.18 Å². The zero-order valence-corrected chi connectivity index (χ0v) is 9.42. The third-order valence-electron chi connectivity index (χ3n) is 2.81. The summed E-state index contributed by atoms with van der Waals surface area (Å²) < 4.78 is 42.7. The Morgan fingerprint density at radius 3 is 2.35 bits per heavy atom. The van der Waals surface area contributed by atoms with Gasteiger partial charge in [0.25, 0.3) is 0 Å². The molecule has 0 spiro atoms. The van der Waals surface area contributed by atoms with Crippen molar-refractivity contribution >= 4 is 0 Å². The Morgan fingerprint density at radius 2 is 1.88 bits per heavy atom. The zero-order valence-electron chi connectivity index (χ0n) is 9.42. The molecule has 1 heterocycles. The van der Waals surface area contributed by atoms with Gasteiger partial charge in [0.05, 0.1) is 18.3 Å². The van der Waals surface area contributed by atoms with Crippen molar-refractivity contribution in [1.29, 1.82) is 0 Å². The fourth-order valence-electron chi connectivity index (χ4n) is 1.79. The van der Waals surface area contributed by atoms with Crippen LogP contribution in [0, 0.1) is 0 Å². The highest BCUT2D eigenvalue weighted by molar-refractivity contribution is 5.26. The van der Waals surface area contributed by atoms with Gasteiger partial charge in [0.1, 0.15) is 0 Å². The second-order valence-corrected chi connectivity index (χ2v) is 4.25. The van der Waals surface area contributed by atoms with E-state index in [0.717, 1.165) is 17.7 Å². The van der Waals surface area contributed by atoms with E-state index < -0.39 is 11.7 Å². The monoisotopic (exact) mass is 245 g/mol. The number of halogens is 3. The van der Waals surface area contributed by atoms with Crippen molar-refractivity contribution in [2.45, 2.75) is 25.2 Å². The Kier molecular flexibility index (Phi) is 3.40. The fraction of sp³-hybridized carbons (Fsp3) is 0.500. The van der Waals surface area contributed by atoms with E-state index in [-0.39, 0.29) is 6.10 Å². The van der Waals surface area contributed by atoms with E-state index in [0.29, 0.717) is 19.2 Å². The second-order valence-electron chi connectivity index (χ2n) is 4.25. The molecule has 0 aromatic heterocycles. The van der Waals surface area contributed by atoms with Crippen LogP contribution in [0.1, 0.15) is 24.2 Å². The molecule has 1 aromatic carbocycles. The van der Waals surface area contributed by atoms with Gasteiger partial charge in [0, 0.05) is 12.6 Å². The van der Waals surface area contributed by atoms with Crippen LogP contribution in [0.2, 0.25) is 0 Å². The number of alkyl halides is 3. The minimum Gasteiger partial charge on any atom is -0.371 e. The molecule has 0 amide bonds. The van der Waals surface area contributed by atoms with Crippen LogP contribution in [0.3, 0.4) is 0 Å². The number of morpholine rings is 1. The van der Waals surface area contributed by atoms with E-state index in [1.807, 2.05) is 6.92 Å². The molecule has 1 saturated heterocycles. The van der Waals surface area contributed by atoms with Crippen molar-refractivity contribution in [3.63, 3.8) is 0 Å². The molecule has 5 heteroatoms. The number of benzene rings is 1. The Balaban J connectivity index is 2.08. The van der Waals surface area contributed by atoms with Crippen molar-refractivity contribution in [3.8, 4) is 0 Å². The normalized spacial score (nSPS) is 25.9. The molecule has 2 nitrogen and oxygen atoms in total. The van der Waals surface area contributed by atoms with Gasteiger partial charge in [-0.15, -0.1) is 0 Å². The molecule has 0 aliphatic carbocycles. The zero-order chi connectivity index (χ0) is 12.5. The lowest BCUT2D eigenvalue weighted by atomic mass is 10.1. The number of nitrogens with one attached hydrogen (secondary N) is 1. The molecule has 1 N–H and O–H groups in total. The van der Waals surface area contributed by atoms with E-state index in [2.05, 4.69) is 5.32 Å². The van der Waals surface area contributed by atoms with Crippen LogP contribution < -0.4 is 5.32 Å². The van der Waals surface area contributed by atoms with Gasteiger partial charge in [-0.05, 0) is 24.6 Å².